The van der Waals surface area contributed by atoms with Gasteiger partial charge in [-0.1, -0.05) is 19.8 Å². The third-order valence-corrected chi connectivity index (χ3v) is 4.21. The molecule has 0 bridgehead atoms. The lowest BCUT2D eigenvalue weighted by Crippen LogP contribution is -2.22. The van der Waals surface area contributed by atoms with Gasteiger partial charge in [-0.2, -0.15) is 0 Å². The molecule has 110 valence electrons. The molecule has 1 saturated carbocycles. The van der Waals surface area contributed by atoms with Gasteiger partial charge in [0.25, 0.3) is 5.91 Å². The molecule has 0 aliphatic heterocycles. The summed E-state index contributed by atoms with van der Waals surface area (Å²) in [4.78, 5) is 31.4. The van der Waals surface area contributed by atoms with Gasteiger partial charge in [0.1, 0.15) is 11.3 Å². The summed E-state index contributed by atoms with van der Waals surface area (Å²) in [7, 11) is 0. The van der Waals surface area contributed by atoms with Gasteiger partial charge in [-0.3, -0.25) is 9.59 Å². The number of primary amides is 1. The van der Waals surface area contributed by atoms with Crippen LogP contribution in [0.5, 0.6) is 0 Å². The van der Waals surface area contributed by atoms with E-state index in [2.05, 4.69) is 16.9 Å². The lowest BCUT2D eigenvalue weighted by atomic mass is 9.79. The Morgan fingerprint density at radius 3 is 2.71 bits per heavy atom. The van der Waals surface area contributed by atoms with E-state index < -0.39 is 5.91 Å². The molecule has 1 aliphatic rings. The van der Waals surface area contributed by atoms with E-state index in [-0.39, 0.29) is 17.4 Å². The van der Waals surface area contributed by atoms with Crippen LogP contribution < -0.4 is 5.73 Å². The monoisotopic (exact) mass is 285 g/mol. The molecular formula is C16H19N3O2. The van der Waals surface area contributed by atoms with Gasteiger partial charge in [-0.15, -0.1) is 0 Å². The van der Waals surface area contributed by atoms with Crippen molar-refractivity contribution in [1.29, 1.82) is 0 Å². The van der Waals surface area contributed by atoms with Gasteiger partial charge >= 0.3 is 0 Å². The van der Waals surface area contributed by atoms with Crippen molar-refractivity contribution >= 4 is 22.7 Å². The summed E-state index contributed by atoms with van der Waals surface area (Å²) in [5.41, 5.74) is 7.76. The fraction of sp³-hybridized carbons (Fsp3) is 0.438. The van der Waals surface area contributed by atoms with E-state index in [0.29, 0.717) is 5.65 Å². The van der Waals surface area contributed by atoms with Crippen LogP contribution in [-0.4, -0.2) is 21.7 Å². The van der Waals surface area contributed by atoms with Gasteiger partial charge < -0.3 is 10.7 Å². The largest absolute Gasteiger partial charge is 0.364 e. The number of hydrogen-bond donors (Lipinski definition) is 2. The number of aromatic amines is 1. The Balaban J connectivity index is 2.12. The first-order chi connectivity index (χ1) is 10.1. The van der Waals surface area contributed by atoms with Crippen molar-refractivity contribution in [2.45, 2.75) is 39.0 Å². The van der Waals surface area contributed by atoms with Crippen molar-refractivity contribution in [3.05, 3.63) is 29.1 Å². The number of hydrogen-bond acceptors (Lipinski definition) is 3. The first kappa shape index (κ1) is 13.8. The number of aromatic nitrogens is 2. The zero-order valence-corrected chi connectivity index (χ0v) is 12.1. The molecule has 2 heterocycles. The number of fused-ring (bicyclic) bond motifs is 1. The second-order valence-corrected chi connectivity index (χ2v) is 5.68. The van der Waals surface area contributed by atoms with E-state index in [0.717, 1.165) is 48.7 Å². The van der Waals surface area contributed by atoms with Crippen molar-refractivity contribution < 1.29 is 9.59 Å². The molecule has 5 nitrogen and oxygen atoms in total. The molecule has 1 amide bonds. The summed E-state index contributed by atoms with van der Waals surface area (Å²) in [5, 5.41) is 0.806. The van der Waals surface area contributed by atoms with Gasteiger partial charge in [0.2, 0.25) is 0 Å². The topological polar surface area (TPSA) is 88.8 Å². The van der Waals surface area contributed by atoms with Gasteiger partial charge in [0, 0.05) is 22.6 Å². The molecule has 3 rings (SSSR count). The van der Waals surface area contributed by atoms with Crippen molar-refractivity contribution in [2.24, 2.45) is 11.7 Å². The third-order valence-electron chi connectivity index (χ3n) is 4.21. The Hall–Kier alpha value is -2.17. The summed E-state index contributed by atoms with van der Waals surface area (Å²) >= 11 is 0. The number of rotatable bonds is 5. The van der Waals surface area contributed by atoms with E-state index in [1.165, 1.54) is 0 Å². The van der Waals surface area contributed by atoms with Crippen molar-refractivity contribution in [3.63, 3.8) is 0 Å². The summed E-state index contributed by atoms with van der Waals surface area (Å²) < 4.78 is 0. The molecule has 5 heteroatoms. The highest BCUT2D eigenvalue weighted by Gasteiger charge is 2.30. The second-order valence-electron chi connectivity index (χ2n) is 5.68. The highest BCUT2D eigenvalue weighted by Crippen LogP contribution is 2.33. The molecule has 0 unspecified atom stereocenters. The predicted molar refractivity (Wildman–Crippen MR) is 80.3 cm³/mol. The Bertz CT molecular complexity index is 714. The number of amides is 1. The molecule has 0 atom stereocenters. The van der Waals surface area contributed by atoms with Gasteiger partial charge in [0.05, 0.1) is 0 Å². The van der Waals surface area contributed by atoms with Crippen LogP contribution in [0, 0.1) is 5.92 Å². The molecule has 0 saturated heterocycles. The van der Waals surface area contributed by atoms with Crippen LogP contribution in [0.25, 0.3) is 11.0 Å². The molecule has 0 radical (unpaired) electrons. The Kier molecular flexibility index (Phi) is 3.49. The van der Waals surface area contributed by atoms with Crippen molar-refractivity contribution in [2.75, 3.05) is 0 Å². The zero-order chi connectivity index (χ0) is 15.0. The van der Waals surface area contributed by atoms with E-state index in [1.54, 1.807) is 12.1 Å². The SMILES string of the molecule is CCCc1[nH]c2nc(C(N)=O)ccc2c1C(=O)C1CCC1. The van der Waals surface area contributed by atoms with Gasteiger partial charge in [-0.25, -0.2) is 4.98 Å². The Morgan fingerprint density at radius 1 is 1.38 bits per heavy atom. The van der Waals surface area contributed by atoms with E-state index in [4.69, 9.17) is 5.73 Å². The maximum absolute atomic E-state index is 12.7. The number of Topliss-reactive ketones (excluding diaryl/α,β-unsaturated/α-hetero) is 1. The minimum absolute atomic E-state index is 0.149. The van der Waals surface area contributed by atoms with Crippen LogP contribution in [-0.2, 0) is 6.42 Å². The van der Waals surface area contributed by atoms with Crippen LogP contribution in [0.3, 0.4) is 0 Å². The maximum Gasteiger partial charge on any atom is 0.267 e. The summed E-state index contributed by atoms with van der Waals surface area (Å²) in [6.07, 6.45) is 4.83. The van der Waals surface area contributed by atoms with Crippen LogP contribution in [0.15, 0.2) is 12.1 Å². The van der Waals surface area contributed by atoms with Crippen LogP contribution >= 0.6 is 0 Å². The summed E-state index contributed by atoms with van der Waals surface area (Å²) in [6.45, 7) is 2.07. The Morgan fingerprint density at radius 2 is 2.14 bits per heavy atom. The standard InChI is InChI=1S/C16H19N3O2/c1-2-4-11-13(14(20)9-5-3-6-9)10-7-8-12(15(17)21)19-16(10)18-11/h7-9H,2-6H2,1H3,(H2,17,21)(H,18,19). The quantitative estimate of drug-likeness (QED) is 0.827. The number of ketones is 1. The molecule has 0 aromatic carbocycles. The minimum Gasteiger partial charge on any atom is -0.364 e. The lowest BCUT2D eigenvalue weighted by molar-refractivity contribution is 0.0855. The fourth-order valence-corrected chi connectivity index (χ4v) is 2.85. The summed E-state index contributed by atoms with van der Waals surface area (Å²) in [5.74, 6) is -0.199. The zero-order valence-electron chi connectivity index (χ0n) is 12.1. The molecule has 3 N–H and O–H groups in total. The average molecular weight is 285 g/mol. The van der Waals surface area contributed by atoms with Crippen LogP contribution in [0.1, 0.15) is 59.1 Å². The van der Waals surface area contributed by atoms with E-state index in [1.807, 2.05) is 0 Å². The molecular weight excluding hydrogens is 266 g/mol. The first-order valence-electron chi connectivity index (χ1n) is 7.47. The van der Waals surface area contributed by atoms with Gasteiger partial charge in [0.15, 0.2) is 5.78 Å². The fourth-order valence-electron chi connectivity index (χ4n) is 2.85. The smallest absolute Gasteiger partial charge is 0.267 e. The van der Waals surface area contributed by atoms with E-state index in [9.17, 15) is 9.59 Å². The number of aryl methyl sites for hydroxylation is 1. The predicted octanol–water partition coefficient (Wildman–Crippen LogP) is 2.60. The third kappa shape index (κ3) is 2.33. The number of nitrogens with zero attached hydrogens (tertiary/aromatic N) is 1. The molecule has 21 heavy (non-hydrogen) atoms. The lowest BCUT2D eigenvalue weighted by Gasteiger charge is -2.24. The molecule has 1 fully saturated rings. The van der Waals surface area contributed by atoms with Crippen LogP contribution in [0.4, 0.5) is 0 Å². The average Bonchev–Trinajstić information content (AvgIpc) is 2.73. The highest BCUT2D eigenvalue weighted by molar-refractivity contribution is 6.10. The molecule has 2 aromatic rings. The number of carbonyl (C=O) groups is 2. The maximum atomic E-state index is 12.7. The minimum atomic E-state index is -0.560. The van der Waals surface area contributed by atoms with Crippen molar-refractivity contribution in [1.82, 2.24) is 9.97 Å². The van der Waals surface area contributed by atoms with E-state index >= 15 is 0 Å². The number of H-pyrrole nitrogens is 1. The Labute approximate surface area is 122 Å². The second kappa shape index (κ2) is 5.31. The van der Waals surface area contributed by atoms with Crippen LogP contribution in [0.2, 0.25) is 0 Å². The van der Waals surface area contributed by atoms with Crippen molar-refractivity contribution in [3.8, 4) is 0 Å². The molecule has 0 spiro atoms. The summed E-state index contributed by atoms with van der Waals surface area (Å²) in [6, 6.07) is 3.37. The number of carbonyl (C=O) groups excluding carboxylic acids is 2. The number of nitrogens with one attached hydrogen (secondary N) is 1. The van der Waals surface area contributed by atoms with Gasteiger partial charge in [-0.05, 0) is 31.4 Å². The molecule has 1 aliphatic carbocycles. The first-order valence-corrected chi connectivity index (χ1v) is 7.47. The number of pyridine rings is 1. The molecule has 2 aromatic heterocycles. The highest BCUT2D eigenvalue weighted by atomic mass is 16.1. The number of nitrogens with two attached hydrogens (primary N) is 1. The normalized spacial score (nSPS) is 15.1.